The Kier molecular flexibility index (Phi) is 9.88. The average molecular weight is 273 g/mol. The third-order valence-electron chi connectivity index (χ3n) is 3.22. The zero-order valence-electron chi connectivity index (χ0n) is 13.3. The van der Waals surface area contributed by atoms with Crippen molar-refractivity contribution in [3.8, 4) is 0 Å². The lowest BCUT2D eigenvalue weighted by Gasteiger charge is -2.27. The van der Waals surface area contributed by atoms with Crippen molar-refractivity contribution in [1.29, 1.82) is 0 Å². The number of hydrogen-bond acceptors (Lipinski definition) is 4. The zero-order valence-corrected chi connectivity index (χ0v) is 13.3. The second kappa shape index (κ2) is 10.2. The second-order valence-electron chi connectivity index (χ2n) is 5.65. The molecule has 0 aliphatic rings. The van der Waals surface area contributed by atoms with Gasteiger partial charge in [-0.2, -0.15) is 0 Å². The average Bonchev–Trinajstić information content (AvgIpc) is 2.39. The Morgan fingerprint density at radius 3 is 2.53 bits per heavy atom. The minimum Gasteiger partial charge on any atom is -0.468 e. The maximum Gasteiger partial charge on any atom is 0.325 e. The van der Waals surface area contributed by atoms with E-state index >= 15 is 0 Å². The zero-order chi connectivity index (χ0) is 14.7. The first kappa shape index (κ1) is 18.4. The Hall–Kier alpha value is -0.610. The van der Waals surface area contributed by atoms with Crippen LogP contribution in [0, 0.1) is 5.92 Å². The number of nitrogens with one attached hydrogen (secondary N) is 1. The van der Waals surface area contributed by atoms with Gasteiger partial charge in [-0.05, 0) is 45.1 Å². The molecule has 0 saturated carbocycles. The van der Waals surface area contributed by atoms with E-state index < -0.39 is 5.54 Å². The molecule has 0 fully saturated rings. The van der Waals surface area contributed by atoms with Gasteiger partial charge in [-0.25, -0.2) is 0 Å². The maximum absolute atomic E-state index is 11.8. The van der Waals surface area contributed by atoms with Crippen LogP contribution < -0.4 is 5.32 Å². The molecule has 4 nitrogen and oxygen atoms in total. The van der Waals surface area contributed by atoms with Gasteiger partial charge in [-0.1, -0.05) is 20.8 Å². The molecule has 0 rings (SSSR count). The van der Waals surface area contributed by atoms with Crippen LogP contribution in [0.2, 0.25) is 0 Å². The lowest BCUT2D eigenvalue weighted by atomic mass is 9.98. The molecular formula is C15H31NO3. The summed E-state index contributed by atoms with van der Waals surface area (Å²) in [4.78, 5) is 11.8. The molecule has 4 heteroatoms. The van der Waals surface area contributed by atoms with Crippen molar-refractivity contribution in [1.82, 2.24) is 5.32 Å². The van der Waals surface area contributed by atoms with E-state index in [-0.39, 0.29) is 5.97 Å². The second-order valence-corrected chi connectivity index (χ2v) is 5.65. The fourth-order valence-corrected chi connectivity index (χ4v) is 1.86. The van der Waals surface area contributed by atoms with Crippen LogP contribution in [-0.4, -0.2) is 38.4 Å². The van der Waals surface area contributed by atoms with Crippen molar-refractivity contribution >= 4 is 5.97 Å². The van der Waals surface area contributed by atoms with Crippen LogP contribution in [0.15, 0.2) is 0 Å². The minimum absolute atomic E-state index is 0.216. The Bertz CT molecular complexity index is 244. The quantitative estimate of drug-likeness (QED) is 0.464. The van der Waals surface area contributed by atoms with Gasteiger partial charge >= 0.3 is 5.97 Å². The molecular weight excluding hydrogens is 242 g/mol. The van der Waals surface area contributed by atoms with Gasteiger partial charge in [0.2, 0.25) is 0 Å². The highest BCUT2D eigenvalue weighted by molar-refractivity contribution is 5.80. The molecule has 1 atom stereocenters. The van der Waals surface area contributed by atoms with Gasteiger partial charge in [-0.3, -0.25) is 4.79 Å². The summed E-state index contributed by atoms with van der Waals surface area (Å²) in [6.07, 6.45) is 3.89. The highest BCUT2D eigenvalue weighted by atomic mass is 16.5. The summed E-state index contributed by atoms with van der Waals surface area (Å²) in [6.45, 7) is 10.5. The SMILES string of the molecule is CCCNC(C)(CCOCCCC(C)C)C(=O)OC. The van der Waals surface area contributed by atoms with Crippen LogP contribution in [0.1, 0.15) is 53.4 Å². The van der Waals surface area contributed by atoms with Gasteiger partial charge in [0.25, 0.3) is 0 Å². The molecule has 0 saturated heterocycles. The highest BCUT2D eigenvalue weighted by Gasteiger charge is 2.33. The van der Waals surface area contributed by atoms with E-state index in [0.717, 1.165) is 31.9 Å². The van der Waals surface area contributed by atoms with Crippen molar-refractivity contribution in [3.63, 3.8) is 0 Å². The van der Waals surface area contributed by atoms with Crippen LogP contribution in [-0.2, 0) is 14.3 Å². The third-order valence-corrected chi connectivity index (χ3v) is 3.22. The fraction of sp³-hybridized carbons (Fsp3) is 0.933. The molecule has 19 heavy (non-hydrogen) atoms. The van der Waals surface area contributed by atoms with E-state index in [1.165, 1.54) is 13.5 Å². The summed E-state index contributed by atoms with van der Waals surface area (Å²) < 4.78 is 10.5. The van der Waals surface area contributed by atoms with Gasteiger partial charge < -0.3 is 14.8 Å². The predicted octanol–water partition coefficient (Wildman–Crippen LogP) is 2.76. The fourth-order valence-electron chi connectivity index (χ4n) is 1.86. The van der Waals surface area contributed by atoms with Crippen molar-refractivity contribution in [2.45, 2.75) is 58.9 Å². The number of hydrogen-bond donors (Lipinski definition) is 1. The van der Waals surface area contributed by atoms with Crippen molar-refractivity contribution < 1.29 is 14.3 Å². The molecule has 0 aromatic heterocycles. The smallest absolute Gasteiger partial charge is 0.325 e. The van der Waals surface area contributed by atoms with E-state index in [0.29, 0.717) is 13.0 Å². The molecule has 0 bridgehead atoms. The van der Waals surface area contributed by atoms with E-state index in [9.17, 15) is 4.79 Å². The van der Waals surface area contributed by atoms with Crippen LogP contribution in [0.3, 0.4) is 0 Å². The number of rotatable bonds is 11. The number of methoxy groups -OCH3 is 1. The molecule has 1 unspecified atom stereocenters. The first-order chi connectivity index (χ1) is 8.96. The molecule has 1 N–H and O–H groups in total. The molecule has 0 radical (unpaired) electrons. The predicted molar refractivity (Wildman–Crippen MR) is 78.2 cm³/mol. The Morgan fingerprint density at radius 2 is 2.00 bits per heavy atom. The molecule has 0 aliphatic heterocycles. The lowest BCUT2D eigenvalue weighted by Crippen LogP contribution is -2.51. The van der Waals surface area contributed by atoms with Gasteiger partial charge in [0, 0.05) is 13.2 Å². The van der Waals surface area contributed by atoms with E-state index in [4.69, 9.17) is 9.47 Å². The first-order valence-electron chi connectivity index (χ1n) is 7.37. The van der Waals surface area contributed by atoms with E-state index in [1.54, 1.807) is 0 Å². The normalized spacial score (nSPS) is 14.4. The van der Waals surface area contributed by atoms with Crippen LogP contribution in [0.4, 0.5) is 0 Å². The summed E-state index contributed by atoms with van der Waals surface area (Å²) in [5.41, 5.74) is -0.636. The van der Waals surface area contributed by atoms with Crippen LogP contribution >= 0.6 is 0 Å². The lowest BCUT2D eigenvalue weighted by molar-refractivity contribution is -0.148. The van der Waals surface area contributed by atoms with Gasteiger partial charge in [0.1, 0.15) is 5.54 Å². The van der Waals surface area contributed by atoms with Crippen molar-refractivity contribution in [3.05, 3.63) is 0 Å². The van der Waals surface area contributed by atoms with Gasteiger partial charge in [0.05, 0.1) is 7.11 Å². The molecule has 0 spiro atoms. The molecule has 114 valence electrons. The minimum atomic E-state index is -0.636. The Balaban J connectivity index is 3.96. The number of carbonyl (C=O) groups is 1. The Labute approximate surface area is 118 Å². The summed E-state index contributed by atoms with van der Waals surface area (Å²) >= 11 is 0. The topological polar surface area (TPSA) is 47.6 Å². The molecule has 0 aromatic rings. The summed E-state index contributed by atoms with van der Waals surface area (Å²) in [6, 6.07) is 0. The monoisotopic (exact) mass is 273 g/mol. The standard InChI is InChI=1S/C15H31NO3/c1-6-10-16-15(4,14(17)18-5)9-12-19-11-7-8-13(2)3/h13,16H,6-12H2,1-5H3. The van der Waals surface area contributed by atoms with Gasteiger partial charge in [0.15, 0.2) is 0 Å². The summed E-state index contributed by atoms with van der Waals surface area (Å²) in [7, 11) is 1.43. The first-order valence-corrected chi connectivity index (χ1v) is 7.37. The van der Waals surface area contributed by atoms with Crippen molar-refractivity contribution in [2.75, 3.05) is 26.9 Å². The maximum atomic E-state index is 11.8. The highest BCUT2D eigenvalue weighted by Crippen LogP contribution is 2.13. The number of ether oxygens (including phenoxy) is 2. The van der Waals surface area contributed by atoms with Crippen LogP contribution in [0.25, 0.3) is 0 Å². The van der Waals surface area contributed by atoms with E-state index in [1.807, 2.05) is 6.92 Å². The molecule has 0 amide bonds. The van der Waals surface area contributed by atoms with Gasteiger partial charge in [-0.15, -0.1) is 0 Å². The number of carbonyl (C=O) groups excluding carboxylic acids is 1. The molecule has 0 aromatic carbocycles. The Morgan fingerprint density at radius 1 is 1.32 bits per heavy atom. The molecule has 0 aliphatic carbocycles. The van der Waals surface area contributed by atoms with E-state index in [2.05, 4.69) is 26.1 Å². The number of esters is 1. The van der Waals surface area contributed by atoms with Crippen molar-refractivity contribution in [2.24, 2.45) is 5.92 Å². The summed E-state index contributed by atoms with van der Waals surface area (Å²) in [5.74, 6) is 0.502. The third kappa shape index (κ3) is 8.22. The van der Waals surface area contributed by atoms with Crippen LogP contribution in [0.5, 0.6) is 0 Å². The molecule has 0 heterocycles. The summed E-state index contributed by atoms with van der Waals surface area (Å²) in [5, 5.41) is 3.25. The largest absolute Gasteiger partial charge is 0.468 e.